The molecule has 1 fully saturated rings. The molecule has 0 saturated heterocycles. The normalized spacial score (nSPS) is 14.5. The Morgan fingerprint density at radius 2 is 2.14 bits per heavy atom. The predicted octanol–water partition coefficient (Wildman–Crippen LogP) is 3.65. The van der Waals surface area contributed by atoms with Gasteiger partial charge in [-0.2, -0.15) is 5.10 Å². The van der Waals surface area contributed by atoms with E-state index in [2.05, 4.69) is 33.3 Å². The van der Waals surface area contributed by atoms with Crippen LogP contribution in [0.3, 0.4) is 0 Å². The second-order valence-electron chi connectivity index (χ2n) is 5.56. The van der Waals surface area contributed by atoms with Gasteiger partial charge >= 0.3 is 0 Å². The fourth-order valence-electron chi connectivity index (χ4n) is 2.29. The van der Waals surface area contributed by atoms with Crippen LogP contribution in [-0.2, 0) is 7.05 Å². The van der Waals surface area contributed by atoms with Gasteiger partial charge in [-0.1, -0.05) is 6.92 Å². The van der Waals surface area contributed by atoms with Gasteiger partial charge in [0.25, 0.3) is 0 Å². The molecule has 1 N–H and O–H groups in total. The Bertz CT molecular complexity index is 660. The quantitative estimate of drug-likeness (QED) is 0.894. The van der Waals surface area contributed by atoms with Gasteiger partial charge in [-0.05, 0) is 42.1 Å². The summed E-state index contributed by atoms with van der Waals surface area (Å²) in [5.41, 5.74) is 3.22. The van der Waals surface area contributed by atoms with Gasteiger partial charge in [0.15, 0.2) is 5.82 Å². The van der Waals surface area contributed by atoms with Gasteiger partial charge in [-0.15, -0.1) is 0 Å². The molecule has 5 nitrogen and oxygen atoms in total. The number of rotatable bonds is 5. The van der Waals surface area contributed by atoms with E-state index in [0.29, 0.717) is 5.92 Å². The topological polar surface area (TPSA) is 55.6 Å². The van der Waals surface area contributed by atoms with Crippen LogP contribution in [-0.4, -0.2) is 26.3 Å². The van der Waals surface area contributed by atoms with Gasteiger partial charge in [0.05, 0.1) is 21.9 Å². The summed E-state index contributed by atoms with van der Waals surface area (Å²) in [4.78, 5) is 9.50. The zero-order valence-corrected chi connectivity index (χ0v) is 14.2. The van der Waals surface area contributed by atoms with Gasteiger partial charge in [0.2, 0.25) is 0 Å². The highest BCUT2D eigenvalue weighted by Gasteiger charge is 2.30. The van der Waals surface area contributed by atoms with Crippen LogP contribution in [0.5, 0.6) is 0 Å². The van der Waals surface area contributed by atoms with E-state index < -0.39 is 0 Å². The van der Waals surface area contributed by atoms with Gasteiger partial charge in [-0.25, -0.2) is 9.97 Å². The van der Waals surface area contributed by atoms with E-state index in [9.17, 15) is 0 Å². The first-order chi connectivity index (χ1) is 10.1. The maximum atomic E-state index is 4.80. The van der Waals surface area contributed by atoms with Crippen molar-refractivity contribution >= 4 is 21.7 Å². The predicted molar refractivity (Wildman–Crippen MR) is 87.4 cm³/mol. The lowest BCUT2D eigenvalue weighted by Gasteiger charge is -2.12. The molecule has 0 spiro atoms. The number of nitrogens with zero attached hydrogens (tertiary/aromatic N) is 4. The van der Waals surface area contributed by atoms with E-state index in [1.165, 1.54) is 12.8 Å². The minimum Gasteiger partial charge on any atom is -0.369 e. The Balaban J connectivity index is 2.07. The molecule has 6 heteroatoms. The van der Waals surface area contributed by atoms with Crippen LogP contribution >= 0.6 is 15.9 Å². The summed E-state index contributed by atoms with van der Waals surface area (Å²) in [5, 5.41) is 7.70. The number of aryl methyl sites for hydroxylation is 1. The number of hydrogen-bond acceptors (Lipinski definition) is 4. The average molecular weight is 350 g/mol. The summed E-state index contributed by atoms with van der Waals surface area (Å²) in [6.07, 6.45) is 5.35. The average Bonchev–Trinajstić information content (AvgIpc) is 3.26. The van der Waals surface area contributed by atoms with Crippen molar-refractivity contribution in [1.29, 1.82) is 0 Å². The third kappa shape index (κ3) is 2.81. The monoisotopic (exact) mass is 349 g/mol. The maximum absolute atomic E-state index is 4.80. The van der Waals surface area contributed by atoms with Crippen LogP contribution in [0.2, 0.25) is 0 Å². The van der Waals surface area contributed by atoms with Crippen molar-refractivity contribution in [1.82, 2.24) is 19.7 Å². The minimum atomic E-state index is 0.570. The molecule has 0 aliphatic heterocycles. The van der Waals surface area contributed by atoms with Crippen LogP contribution in [0.15, 0.2) is 10.7 Å². The highest BCUT2D eigenvalue weighted by Crippen LogP contribution is 2.44. The largest absolute Gasteiger partial charge is 0.369 e. The van der Waals surface area contributed by atoms with Crippen LogP contribution in [0.25, 0.3) is 11.4 Å². The Hall–Kier alpha value is -1.43. The summed E-state index contributed by atoms with van der Waals surface area (Å²) in [6, 6.07) is 0. The van der Waals surface area contributed by atoms with E-state index in [0.717, 1.165) is 46.0 Å². The Morgan fingerprint density at radius 3 is 2.71 bits per heavy atom. The van der Waals surface area contributed by atoms with Crippen LogP contribution in [0.4, 0.5) is 5.82 Å². The lowest BCUT2D eigenvalue weighted by Crippen LogP contribution is -2.07. The van der Waals surface area contributed by atoms with E-state index >= 15 is 0 Å². The number of hydrogen-bond donors (Lipinski definition) is 1. The zero-order chi connectivity index (χ0) is 15.0. The molecule has 1 saturated carbocycles. The van der Waals surface area contributed by atoms with Crippen molar-refractivity contribution in [3.05, 3.63) is 22.1 Å². The SMILES string of the molecule is CCCNc1nc(-c2cnn(C)c2C)nc(C2CC2)c1Br. The summed E-state index contributed by atoms with van der Waals surface area (Å²) in [7, 11) is 1.94. The summed E-state index contributed by atoms with van der Waals surface area (Å²) in [5.74, 6) is 2.23. The summed E-state index contributed by atoms with van der Waals surface area (Å²) >= 11 is 3.67. The maximum Gasteiger partial charge on any atom is 0.165 e. The van der Waals surface area contributed by atoms with Crippen molar-refractivity contribution in [3.8, 4) is 11.4 Å². The summed E-state index contributed by atoms with van der Waals surface area (Å²) < 4.78 is 2.88. The van der Waals surface area contributed by atoms with E-state index in [-0.39, 0.29) is 0 Å². The first kappa shape index (κ1) is 14.5. The molecule has 1 aliphatic rings. The fraction of sp³-hybridized carbons (Fsp3) is 0.533. The van der Waals surface area contributed by atoms with Gasteiger partial charge in [0.1, 0.15) is 5.82 Å². The molecule has 2 heterocycles. The smallest absolute Gasteiger partial charge is 0.165 e. The lowest BCUT2D eigenvalue weighted by molar-refractivity contribution is 0.740. The molecular weight excluding hydrogens is 330 g/mol. The first-order valence-corrected chi connectivity index (χ1v) is 8.21. The van der Waals surface area contributed by atoms with Crippen LogP contribution in [0.1, 0.15) is 43.5 Å². The van der Waals surface area contributed by atoms with E-state index in [1.54, 1.807) is 0 Å². The van der Waals surface area contributed by atoms with Gasteiger partial charge in [0, 0.05) is 25.2 Å². The molecule has 0 unspecified atom stereocenters. The highest BCUT2D eigenvalue weighted by molar-refractivity contribution is 9.10. The van der Waals surface area contributed by atoms with E-state index in [4.69, 9.17) is 9.97 Å². The van der Waals surface area contributed by atoms with E-state index in [1.807, 2.05) is 24.9 Å². The lowest BCUT2D eigenvalue weighted by atomic mass is 10.2. The molecule has 0 bridgehead atoms. The molecule has 2 aromatic rings. The Labute approximate surface area is 133 Å². The molecule has 21 heavy (non-hydrogen) atoms. The third-order valence-electron chi connectivity index (χ3n) is 3.86. The van der Waals surface area contributed by atoms with Crippen LogP contribution in [0, 0.1) is 6.92 Å². The Morgan fingerprint density at radius 1 is 1.38 bits per heavy atom. The summed E-state index contributed by atoms with van der Waals surface area (Å²) in [6.45, 7) is 5.10. The molecular formula is C15H20BrN5. The number of anilines is 1. The zero-order valence-electron chi connectivity index (χ0n) is 12.6. The molecule has 1 aliphatic carbocycles. The molecule has 0 amide bonds. The standard InChI is InChI=1S/C15H20BrN5/c1-4-7-17-15-12(16)13(10-5-6-10)19-14(20-15)11-8-18-21(3)9(11)2/h8,10H,4-7H2,1-3H3,(H,17,19,20). The number of halogens is 1. The second-order valence-corrected chi connectivity index (χ2v) is 6.36. The minimum absolute atomic E-state index is 0.570. The molecule has 112 valence electrons. The second kappa shape index (κ2) is 5.75. The fourth-order valence-corrected chi connectivity index (χ4v) is 2.93. The molecule has 0 aromatic carbocycles. The first-order valence-electron chi connectivity index (χ1n) is 7.42. The van der Waals surface area contributed by atoms with Gasteiger partial charge in [-0.3, -0.25) is 4.68 Å². The van der Waals surface area contributed by atoms with Crippen molar-refractivity contribution in [3.63, 3.8) is 0 Å². The molecule has 2 aromatic heterocycles. The van der Waals surface area contributed by atoms with Gasteiger partial charge < -0.3 is 5.32 Å². The Kier molecular flexibility index (Phi) is 3.97. The number of nitrogens with one attached hydrogen (secondary N) is 1. The van der Waals surface area contributed by atoms with Crippen molar-refractivity contribution in [2.45, 2.75) is 39.0 Å². The van der Waals surface area contributed by atoms with Crippen molar-refractivity contribution in [2.24, 2.45) is 7.05 Å². The highest BCUT2D eigenvalue weighted by atomic mass is 79.9. The molecule has 3 rings (SSSR count). The van der Waals surface area contributed by atoms with Crippen LogP contribution < -0.4 is 5.32 Å². The third-order valence-corrected chi connectivity index (χ3v) is 4.64. The number of aromatic nitrogens is 4. The molecule has 0 atom stereocenters. The van der Waals surface area contributed by atoms with Crippen molar-refractivity contribution in [2.75, 3.05) is 11.9 Å². The molecule has 0 radical (unpaired) electrons. The van der Waals surface area contributed by atoms with Crippen molar-refractivity contribution < 1.29 is 0 Å².